The highest BCUT2D eigenvalue weighted by atomic mass is 16.6. The van der Waals surface area contributed by atoms with Crippen LogP contribution in [0.1, 0.15) is 50.5 Å². The Hall–Kier alpha value is -2.08. The average Bonchev–Trinajstić information content (AvgIpc) is 2.70. The van der Waals surface area contributed by atoms with Gasteiger partial charge in [-0.15, -0.1) is 0 Å². The summed E-state index contributed by atoms with van der Waals surface area (Å²) >= 11 is 0. The molecule has 0 heterocycles. The van der Waals surface area contributed by atoms with Gasteiger partial charge < -0.3 is 18.9 Å². The van der Waals surface area contributed by atoms with E-state index in [1.54, 1.807) is 0 Å². The van der Waals surface area contributed by atoms with Gasteiger partial charge in [0.15, 0.2) is 0 Å². The van der Waals surface area contributed by atoms with Crippen molar-refractivity contribution in [3.63, 3.8) is 0 Å². The molecule has 0 aromatic heterocycles. The number of carbonyl (C=O) groups is 2. The zero-order valence-electron chi connectivity index (χ0n) is 16.5. The minimum atomic E-state index is -0.388. The molecule has 0 amide bonds. The summed E-state index contributed by atoms with van der Waals surface area (Å²) in [6.07, 6.45) is 8.34. The van der Waals surface area contributed by atoms with Gasteiger partial charge in [-0.1, -0.05) is 37.8 Å². The Morgan fingerprint density at radius 2 is 1.41 bits per heavy atom. The molecule has 0 saturated carbocycles. The molecule has 0 bridgehead atoms. The second kappa shape index (κ2) is 15.0. The lowest BCUT2D eigenvalue weighted by atomic mass is 10.0. The van der Waals surface area contributed by atoms with E-state index in [0.717, 1.165) is 25.0 Å². The van der Waals surface area contributed by atoms with Crippen molar-refractivity contribution in [2.24, 2.45) is 0 Å². The minimum absolute atomic E-state index is 0.0515. The third kappa shape index (κ3) is 12.0. The first kappa shape index (κ1) is 23.0. The Morgan fingerprint density at radius 3 is 2.07 bits per heavy atom. The first-order valence-electron chi connectivity index (χ1n) is 9.59. The number of aryl methyl sites for hydroxylation is 1. The maximum Gasteiger partial charge on any atom is 0.331 e. The summed E-state index contributed by atoms with van der Waals surface area (Å²) < 4.78 is 19.8. The van der Waals surface area contributed by atoms with Gasteiger partial charge in [-0.05, 0) is 37.0 Å². The summed E-state index contributed by atoms with van der Waals surface area (Å²) in [5.74, 6) is 0.294. The predicted molar refractivity (Wildman–Crippen MR) is 103 cm³/mol. The van der Waals surface area contributed by atoms with Gasteiger partial charge in [0.1, 0.15) is 19.0 Å². The summed E-state index contributed by atoms with van der Waals surface area (Å²) in [5, 5.41) is 0. The number of rotatable bonds is 15. The number of esters is 2. The standard InChI is InChI=1S/C21H32O6/c1-24-20(22)10-8-6-4-3-5-7-9-18-11-13-19(14-12-18)27-16-15-26-17-21(23)25-2/h11-14H,3-10,15-17H2,1-2H3. The molecule has 6 heteroatoms. The number of hydrogen-bond acceptors (Lipinski definition) is 6. The van der Waals surface area contributed by atoms with E-state index >= 15 is 0 Å². The molecule has 27 heavy (non-hydrogen) atoms. The lowest BCUT2D eigenvalue weighted by molar-refractivity contribution is -0.146. The summed E-state index contributed by atoms with van der Waals surface area (Å²) in [7, 11) is 2.76. The molecule has 0 unspecified atom stereocenters. The first-order chi connectivity index (χ1) is 13.2. The lowest BCUT2D eigenvalue weighted by Crippen LogP contribution is -2.14. The number of hydrogen-bond donors (Lipinski definition) is 0. The fraction of sp³-hybridized carbons (Fsp3) is 0.619. The van der Waals surface area contributed by atoms with Crippen LogP contribution in [-0.4, -0.2) is 46.0 Å². The number of carbonyl (C=O) groups excluding carboxylic acids is 2. The van der Waals surface area contributed by atoms with Crippen LogP contribution in [0.5, 0.6) is 5.75 Å². The van der Waals surface area contributed by atoms with Gasteiger partial charge in [0.05, 0.1) is 20.8 Å². The van der Waals surface area contributed by atoms with Crippen LogP contribution in [-0.2, 0) is 30.2 Å². The van der Waals surface area contributed by atoms with Crippen LogP contribution >= 0.6 is 0 Å². The maximum absolute atomic E-state index is 11.0. The zero-order chi connectivity index (χ0) is 19.7. The van der Waals surface area contributed by atoms with Crippen LogP contribution in [0.15, 0.2) is 24.3 Å². The first-order valence-corrected chi connectivity index (χ1v) is 9.59. The Balaban J connectivity index is 2.03. The van der Waals surface area contributed by atoms with E-state index in [2.05, 4.69) is 21.6 Å². The topological polar surface area (TPSA) is 71.1 Å². The monoisotopic (exact) mass is 380 g/mol. The summed E-state index contributed by atoms with van der Waals surface area (Å²) in [4.78, 5) is 21.9. The van der Waals surface area contributed by atoms with E-state index in [1.807, 2.05) is 12.1 Å². The SMILES string of the molecule is COC(=O)CCCCCCCCc1ccc(OCCOCC(=O)OC)cc1. The third-order valence-electron chi connectivity index (χ3n) is 4.19. The summed E-state index contributed by atoms with van der Waals surface area (Å²) in [5.41, 5.74) is 1.30. The molecule has 0 aliphatic carbocycles. The molecule has 0 aliphatic heterocycles. The highest BCUT2D eigenvalue weighted by Crippen LogP contribution is 2.15. The molecular weight excluding hydrogens is 348 g/mol. The van der Waals surface area contributed by atoms with Crippen LogP contribution in [0.3, 0.4) is 0 Å². The van der Waals surface area contributed by atoms with Crippen LogP contribution in [0.4, 0.5) is 0 Å². The number of benzene rings is 1. The van der Waals surface area contributed by atoms with Crippen molar-refractivity contribution in [3.05, 3.63) is 29.8 Å². The van der Waals surface area contributed by atoms with Gasteiger partial charge >= 0.3 is 11.9 Å². The summed E-state index contributed by atoms with van der Waals surface area (Å²) in [6.45, 7) is 0.687. The van der Waals surface area contributed by atoms with E-state index in [1.165, 1.54) is 45.5 Å². The fourth-order valence-electron chi connectivity index (χ4n) is 2.59. The van der Waals surface area contributed by atoms with Gasteiger partial charge in [0.25, 0.3) is 0 Å². The molecule has 0 aliphatic rings. The normalized spacial score (nSPS) is 10.4. The quantitative estimate of drug-likeness (QED) is 0.341. The van der Waals surface area contributed by atoms with Gasteiger partial charge in [-0.2, -0.15) is 0 Å². The fourth-order valence-corrected chi connectivity index (χ4v) is 2.59. The van der Waals surface area contributed by atoms with E-state index in [4.69, 9.17) is 9.47 Å². The average molecular weight is 380 g/mol. The molecule has 0 saturated heterocycles. The van der Waals surface area contributed by atoms with Crippen LogP contribution < -0.4 is 4.74 Å². The van der Waals surface area contributed by atoms with Crippen molar-refractivity contribution in [2.75, 3.05) is 34.0 Å². The van der Waals surface area contributed by atoms with Crippen molar-refractivity contribution in [2.45, 2.75) is 51.4 Å². The van der Waals surface area contributed by atoms with Crippen LogP contribution in [0.2, 0.25) is 0 Å². The molecule has 1 aromatic rings. The number of unbranched alkanes of at least 4 members (excludes halogenated alkanes) is 5. The highest BCUT2D eigenvalue weighted by Gasteiger charge is 2.01. The van der Waals surface area contributed by atoms with E-state index < -0.39 is 0 Å². The van der Waals surface area contributed by atoms with Crippen molar-refractivity contribution < 1.29 is 28.5 Å². The highest BCUT2D eigenvalue weighted by molar-refractivity contribution is 5.70. The van der Waals surface area contributed by atoms with Gasteiger partial charge in [0.2, 0.25) is 0 Å². The van der Waals surface area contributed by atoms with E-state index in [0.29, 0.717) is 19.6 Å². The molecule has 0 radical (unpaired) electrons. The molecule has 6 nitrogen and oxygen atoms in total. The third-order valence-corrected chi connectivity index (χ3v) is 4.19. The van der Waals surface area contributed by atoms with Crippen molar-refractivity contribution in [1.29, 1.82) is 0 Å². The Morgan fingerprint density at radius 1 is 0.778 bits per heavy atom. The lowest BCUT2D eigenvalue weighted by Gasteiger charge is -2.08. The molecular formula is C21H32O6. The van der Waals surface area contributed by atoms with E-state index in [9.17, 15) is 9.59 Å². The number of ether oxygens (including phenoxy) is 4. The Kier molecular flexibility index (Phi) is 12.8. The second-order valence-electron chi connectivity index (χ2n) is 6.32. The van der Waals surface area contributed by atoms with Crippen molar-refractivity contribution in [3.8, 4) is 5.75 Å². The Labute approximate surface area is 162 Å². The summed E-state index contributed by atoms with van der Waals surface area (Å²) in [6, 6.07) is 8.09. The molecule has 0 N–H and O–H groups in total. The molecule has 1 rings (SSSR count). The van der Waals surface area contributed by atoms with Crippen molar-refractivity contribution >= 4 is 11.9 Å². The van der Waals surface area contributed by atoms with E-state index in [-0.39, 0.29) is 18.5 Å². The minimum Gasteiger partial charge on any atom is -0.491 e. The molecule has 0 fully saturated rings. The smallest absolute Gasteiger partial charge is 0.331 e. The van der Waals surface area contributed by atoms with Gasteiger partial charge in [-0.25, -0.2) is 4.79 Å². The number of methoxy groups -OCH3 is 2. The molecule has 152 valence electrons. The van der Waals surface area contributed by atoms with Crippen LogP contribution in [0.25, 0.3) is 0 Å². The van der Waals surface area contributed by atoms with Crippen molar-refractivity contribution in [1.82, 2.24) is 0 Å². The van der Waals surface area contributed by atoms with Crippen LogP contribution in [0, 0.1) is 0 Å². The van der Waals surface area contributed by atoms with Gasteiger partial charge in [0, 0.05) is 6.42 Å². The molecule has 1 aromatic carbocycles. The van der Waals surface area contributed by atoms with Gasteiger partial charge in [-0.3, -0.25) is 4.79 Å². The second-order valence-corrected chi connectivity index (χ2v) is 6.32. The largest absolute Gasteiger partial charge is 0.491 e. The maximum atomic E-state index is 11.0. The Bertz CT molecular complexity index is 526. The molecule has 0 atom stereocenters. The zero-order valence-corrected chi connectivity index (χ0v) is 16.5. The molecule has 0 spiro atoms. The predicted octanol–water partition coefficient (Wildman–Crippen LogP) is 3.70.